The Labute approximate surface area is 170 Å². The van der Waals surface area contributed by atoms with Crippen molar-refractivity contribution >= 4 is 17.5 Å². The van der Waals surface area contributed by atoms with Crippen LogP contribution in [0.15, 0.2) is 36.4 Å². The summed E-state index contributed by atoms with van der Waals surface area (Å²) in [5, 5.41) is 2.84. The van der Waals surface area contributed by atoms with Crippen molar-refractivity contribution < 1.29 is 18.4 Å². The molecule has 1 unspecified atom stereocenters. The van der Waals surface area contributed by atoms with Crippen LogP contribution in [0, 0.1) is 25.5 Å². The second-order valence-corrected chi connectivity index (χ2v) is 7.32. The minimum Gasteiger partial charge on any atom is -0.335 e. The monoisotopic (exact) mass is 403 g/mol. The number of para-hydroxylation sites is 1. The van der Waals surface area contributed by atoms with Crippen LogP contribution in [0.2, 0.25) is 0 Å². The molecule has 1 atom stereocenters. The summed E-state index contributed by atoms with van der Waals surface area (Å²) in [6, 6.07) is 8.46. The van der Waals surface area contributed by atoms with Crippen molar-refractivity contribution in [3.05, 3.63) is 64.7 Å². The number of nitrogens with one attached hydrogen (secondary N) is 1. The van der Waals surface area contributed by atoms with Gasteiger partial charge >= 0.3 is 0 Å². The smallest absolute Gasteiger partial charge is 0.243 e. The van der Waals surface area contributed by atoms with E-state index in [-0.39, 0.29) is 30.5 Å². The molecular weight excluding hydrogens is 376 g/mol. The van der Waals surface area contributed by atoms with Gasteiger partial charge in [0, 0.05) is 24.3 Å². The molecule has 0 aromatic heterocycles. The van der Waals surface area contributed by atoms with E-state index in [1.165, 1.54) is 11.9 Å². The van der Waals surface area contributed by atoms with Gasteiger partial charge in [0.05, 0.1) is 13.1 Å². The number of aryl methyl sites for hydroxylation is 2. The lowest BCUT2D eigenvalue weighted by Crippen LogP contribution is -2.41. The fourth-order valence-electron chi connectivity index (χ4n) is 3.04. The Morgan fingerprint density at radius 3 is 2.28 bits per heavy atom. The first-order valence-corrected chi connectivity index (χ1v) is 9.35. The van der Waals surface area contributed by atoms with Crippen LogP contribution in [0.25, 0.3) is 0 Å². The van der Waals surface area contributed by atoms with Crippen molar-refractivity contribution in [2.45, 2.75) is 26.8 Å². The minimum absolute atomic E-state index is 0.0374. The normalized spacial score (nSPS) is 12.0. The van der Waals surface area contributed by atoms with Crippen LogP contribution >= 0.6 is 0 Å². The molecule has 0 spiro atoms. The molecule has 0 aliphatic carbocycles. The first-order valence-electron chi connectivity index (χ1n) is 9.35. The van der Waals surface area contributed by atoms with Gasteiger partial charge in [-0.1, -0.05) is 18.2 Å². The number of hydrogen-bond donors (Lipinski definition) is 1. The Hall–Kier alpha value is -2.80. The Morgan fingerprint density at radius 2 is 1.66 bits per heavy atom. The molecular formula is C22H27F2N3O2. The standard InChI is InChI=1S/C22H27F2N3O2/c1-14-7-6-8-15(2)22(14)25-20(28)12-27(5)21(29)13-26(4)16(3)18-11-17(23)9-10-19(18)24/h6-11,16H,12-13H2,1-5H3,(H,25,28). The molecule has 2 rings (SSSR count). The number of hydrogen-bond acceptors (Lipinski definition) is 3. The second kappa shape index (κ2) is 9.60. The summed E-state index contributed by atoms with van der Waals surface area (Å²) in [4.78, 5) is 27.8. The van der Waals surface area contributed by atoms with Crippen LogP contribution in [0.4, 0.5) is 14.5 Å². The predicted molar refractivity (Wildman–Crippen MR) is 110 cm³/mol. The van der Waals surface area contributed by atoms with Crippen LogP contribution in [0.3, 0.4) is 0 Å². The molecule has 2 aromatic rings. The van der Waals surface area contributed by atoms with Crippen molar-refractivity contribution in [3.63, 3.8) is 0 Å². The van der Waals surface area contributed by atoms with Gasteiger partial charge in [0.25, 0.3) is 0 Å². The van der Waals surface area contributed by atoms with E-state index < -0.39 is 17.7 Å². The van der Waals surface area contributed by atoms with Crippen LogP contribution in [0.5, 0.6) is 0 Å². The maximum Gasteiger partial charge on any atom is 0.243 e. The molecule has 0 bridgehead atoms. The van der Waals surface area contributed by atoms with E-state index in [1.807, 2.05) is 32.0 Å². The average Bonchev–Trinajstić information content (AvgIpc) is 2.66. The maximum atomic E-state index is 14.0. The Balaban J connectivity index is 1.95. The Morgan fingerprint density at radius 1 is 1.03 bits per heavy atom. The SMILES string of the molecule is Cc1cccc(C)c1NC(=O)CN(C)C(=O)CN(C)C(C)c1cc(F)ccc1F. The summed E-state index contributed by atoms with van der Waals surface area (Å²) < 4.78 is 27.4. The summed E-state index contributed by atoms with van der Waals surface area (Å²) in [6.07, 6.45) is 0. The lowest BCUT2D eigenvalue weighted by atomic mass is 10.1. The van der Waals surface area contributed by atoms with E-state index in [0.29, 0.717) is 0 Å². The predicted octanol–water partition coefficient (Wildman–Crippen LogP) is 3.67. The maximum absolute atomic E-state index is 14.0. The topological polar surface area (TPSA) is 52.7 Å². The van der Waals surface area contributed by atoms with E-state index in [1.54, 1.807) is 18.9 Å². The molecule has 0 heterocycles. The molecule has 5 nitrogen and oxygen atoms in total. The number of likely N-dealkylation sites (N-methyl/N-ethyl adjacent to an activating group) is 2. The van der Waals surface area contributed by atoms with E-state index >= 15 is 0 Å². The van der Waals surface area contributed by atoms with Gasteiger partial charge in [-0.2, -0.15) is 0 Å². The number of nitrogens with zero attached hydrogens (tertiary/aromatic N) is 2. The number of anilines is 1. The Kier molecular flexibility index (Phi) is 7.45. The van der Waals surface area contributed by atoms with E-state index in [9.17, 15) is 18.4 Å². The second-order valence-electron chi connectivity index (χ2n) is 7.32. The highest BCUT2D eigenvalue weighted by Gasteiger charge is 2.21. The third kappa shape index (κ3) is 5.84. The minimum atomic E-state index is -0.534. The number of benzene rings is 2. The van der Waals surface area contributed by atoms with E-state index in [2.05, 4.69) is 5.32 Å². The third-order valence-corrected chi connectivity index (χ3v) is 5.01. The zero-order valence-electron chi connectivity index (χ0n) is 17.4. The highest BCUT2D eigenvalue weighted by atomic mass is 19.1. The fraction of sp³-hybridized carbons (Fsp3) is 0.364. The van der Waals surface area contributed by atoms with Gasteiger partial charge in [-0.05, 0) is 57.1 Å². The molecule has 0 aliphatic rings. The van der Waals surface area contributed by atoms with Gasteiger partial charge in [0.2, 0.25) is 11.8 Å². The highest BCUT2D eigenvalue weighted by molar-refractivity contribution is 5.95. The first-order chi connectivity index (χ1) is 13.6. The average molecular weight is 403 g/mol. The number of rotatable bonds is 7. The molecule has 29 heavy (non-hydrogen) atoms. The van der Waals surface area contributed by atoms with Crippen LogP contribution in [0.1, 0.15) is 29.7 Å². The zero-order chi connectivity index (χ0) is 21.7. The number of amides is 2. The number of halogens is 2. The molecule has 0 radical (unpaired) electrons. The van der Waals surface area contributed by atoms with Crippen molar-refractivity contribution in [1.82, 2.24) is 9.80 Å². The molecule has 2 aromatic carbocycles. The molecule has 1 N–H and O–H groups in total. The first kappa shape index (κ1) is 22.5. The summed E-state index contributed by atoms with van der Waals surface area (Å²) in [5.41, 5.74) is 2.80. The number of carbonyl (C=O) groups excluding carboxylic acids is 2. The lowest BCUT2D eigenvalue weighted by molar-refractivity contribution is -0.134. The fourth-order valence-corrected chi connectivity index (χ4v) is 3.04. The Bertz CT molecular complexity index is 881. The van der Waals surface area contributed by atoms with Crippen LogP contribution in [-0.4, -0.2) is 48.8 Å². The molecule has 0 aliphatic heterocycles. The van der Waals surface area contributed by atoms with Crippen molar-refractivity contribution in [1.29, 1.82) is 0 Å². The van der Waals surface area contributed by atoms with Gasteiger partial charge in [0.15, 0.2) is 0 Å². The zero-order valence-corrected chi connectivity index (χ0v) is 17.4. The lowest BCUT2D eigenvalue weighted by Gasteiger charge is -2.27. The summed E-state index contributed by atoms with van der Waals surface area (Å²) in [5.74, 6) is -1.66. The van der Waals surface area contributed by atoms with Crippen molar-refractivity contribution in [2.75, 3.05) is 32.5 Å². The van der Waals surface area contributed by atoms with E-state index in [4.69, 9.17) is 0 Å². The van der Waals surface area contributed by atoms with Crippen LogP contribution < -0.4 is 5.32 Å². The van der Waals surface area contributed by atoms with Gasteiger partial charge in [-0.25, -0.2) is 8.78 Å². The van der Waals surface area contributed by atoms with E-state index in [0.717, 1.165) is 35.0 Å². The summed E-state index contributed by atoms with van der Waals surface area (Å²) in [6.45, 7) is 5.35. The molecule has 2 amide bonds. The quantitative estimate of drug-likeness (QED) is 0.768. The number of carbonyl (C=O) groups is 2. The van der Waals surface area contributed by atoms with Gasteiger partial charge in [-0.3, -0.25) is 14.5 Å². The largest absolute Gasteiger partial charge is 0.335 e. The highest BCUT2D eigenvalue weighted by Crippen LogP contribution is 2.23. The molecule has 156 valence electrons. The van der Waals surface area contributed by atoms with Crippen molar-refractivity contribution in [3.8, 4) is 0 Å². The molecule has 0 saturated heterocycles. The van der Waals surface area contributed by atoms with Crippen molar-refractivity contribution in [2.24, 2.45) is 0 Å². The van der Waals surface area contributed by atoms with Gasteiger partial charge in [0.1, 0.15) is 11.6 Å². The van der Waals surface area contributed by atoms with Crippen LogP contribution in [-0.2, 0) is 9.59 Å². The summed E-state index contributed by atoms with van der Waals surface area (Å²) >= 11 is 0. The van der Waals surface area contributed by atoms with Gasteiger partial charge in [-0.15, -0.1) is 0 Å². The summed E-state index contributed by atoms with van der Waals surface area (Å²) in [7, 11) is 3.19. The molecule has 0 saturated carbocycles. The van der Waals surface area contributed by atoms with Gasteiger partial charge < -0.3 is 10.2 Å². The third-order valence-electron chi connectivity index (χ3n) is 5.01. The molecule has 0 fully saturated rings. The molecule has 7 heteroatoms.